The third-order valence-electron chi connectivity index (χ3n) is 3.54. The Hall–Kier alpha value is -2.49. The van der Waals surface area contributed by atoms with E-state index >= 15 is 0 Å². The number of urea groups is 1. The smallest absolute Gasteiger partial charge is 0.326 e. The quantitative estimate of drug-likeness (QED) is 0.780. The van der Waals surface area contributed by atoms with Crippen LogP contribution >= 0.6 is 0 Å². The number of aryl methyl sites for hydroxylation is 1. The summed E-state index contributed by atoms with van der Waals surface area (Å²) in [7, 11) is 0. The number of hydrogen-bond acceptors (Lipinski definition) is 2. The van der Waals surface area contributed by atoms with E-state index in [1.54, 1.807) is 4.90 Å². The predicted octanol–water partition coefficient (Wildman–Crippen LogP) is 3.17. The molecule has 0 radical (unpaired) electrons. The lowest BCUT2D eigenvalue weighted by Gasteiger charge is -2.19. The summed E-state index contributed by atoms with van der Waals surface area (Å²) in [6.07, 6.45) is 0.849. The van der Waals surface area contributed by atoms with E-state index in [4.69, 9.17) is 5.73 Å². The van der Waals surface area contributed by atoms with Crippen LogP contribution in [0.25, 0.3) is 0 Å². The van der Waals surface area contributed by atoms with E-state index in [2.05, 4.69) is 5.32 Å². The largest absolute Gasteiger partial charge is 0.397 e. The molecule has 0 spiro atoms. The number of nitrogens with zero attached hydrogens (tertiary/aromatic N) is 1. The first-order valence-electron chi connectivity index (χ1n) is 6.68. The van der Waals surface area contributed by atoms with Crippen LogP contribution in [-0.2, 0) is 6.42 Å². The summed E-state index contributed by atoms with van der Waals surface area (Å²) in [4.78, 5) is 14.1. The third kappa shape index (κ3) is 2.20. The molecule has 1 aliphatic rings. The Morgan fingerprint density at radius 2 is 2.05 bits per heavy atom. The molecule has 0 saturated heterocycles. The lowest BCUT2D eigenvalue weighted by molar-refractivity contribution is 0.257. The maximum Gasteiger partial charge on any atom is 0.326 e. The van der Waals surface area contributed by atoms with E-state index < -0.39 is 0 Å². The highest BCUT2D eigenvalue weighted by atomic mass is 16.2. The first-order chi connectivity index (χ1) is 9.65. The Morgan fingerprint density at radius 1 is 1.25 bits per heavy atom. The number of amides is 2. The fourth-order valence-electron chi connectivity index (χ4n) is 2.60. The number of hydrogen-bond donors (Lipinski definition) is 2. The minimum atomic E-state index is -0.132. The minimum Gasteiger partial charge on any atom is -0.397 e. The molecule has 102 valence electrons. The molecule has 3 rings (SSSR count). The number of para-hydroxylation sites is 1. The fraction of sp³-hybridized carbons (Fsp3) is 0.188. The molecule has 3 N–H and O–H groups in total. The van der Waals surface area contributed by atoms with Crippen molar-refractivity contribution in [3.8, 4) is 0 Å². The van der Waals surface area contributed by atoms with Gasteiger partial charge < -0.3 is 11.1 Å². The maximum absolute atomic E-state index is 12.4. The molecule has 0 atom stereocenters. The zero-order chi connectivity index (χ0) is 14.1. The van der Waals surface area contributed by atoms with E-state index in [1.807, 2.05) is 49.4 Å². The van der Waals surface area contributed by atoms with Crippen LogP contribution in [-0.4, -0.2) is 12.6 Å². The van der Waals surface area contributed by atoms with Gasteiger partial charge in [0.25, 0.3) is 0 Å². The number of benzene rings is 2. The van der Waals surface area contributed by atoms with Gasteiger partial charge in [0.1, 0.15) is 0 Å². The van der Waals surface area contributed by atoms with Crippen LogP contribution in [0, 0.1) is 6.92 Å². The van der Waals surface area contributed by atoms with E-state index in [0.717, 1.165) is 28.9 Å². The van der Waals surface area contributed by atoms with Crippen LogP contribution in [0.3, 0.4) is 0 Å². The van der Waals surface area contributed by atoms with E-state index in [0.29, 0.717) is 12.2 Å². The van der Waals surface area contributed by atoms with Gasteiger partial charge in [0.05, 0.1) is 11.4 Å². The topological polar surface area (TPSA) is 58.4 Å². The van der Waals surface area contributed by atoms with E-state index in [1.165, 1.54) is 0 Å². The number of carbonyl (C=O) groups excluding carboxylic acids is 1. The van der Waals surface area contributed by atoms with Gasteiger partial charge in [-0.25, -0.2) is 4.79 Å². The zero-order valence-electron chi connectivity index (χ0n) is 11.4. The second kappa shape index (κ2) is 4.89. The summed E-state index contributed by atoms with van der Waals surface area (Å²) in [6, 6.07) is 13.4. The zero-order valence-corrected chi connectivity index (χ0v) is 11.4. The highest BCUT2D eigenvalue weighted by molar-refractivity contribution is 6.05. The fourth-order valence-corrected chi connectivity index (χ4v) is 2.60. The molecular formula is C16H17N3O. The molecule has 2 aromatic carbocycles. The number of carbonyl (C=O) groups is 1. The van der Waals surface area contributed by atoms with Gasteiger partial charge in [-0.1, -0.05) is 24.3 Å². The van der Waals surface area contributed by atoms with Crippen LogP contribution in [0.1, 0.15) is 11.1 Å². The average molecular weight is 267 g/mol. The van der Waals surface area contributed by atoms with Crippen molar-refractivity contribution in [2.24, 2.45) is 0 Å². The SMILES string of the molecule is Cc1cccc(NC(=O)N2CCc3cccc(N)c32)c1. The summed E-state index contributed by atoms with van der Waals surface area (Å²) in [6.45, 7) is 2.67. The standard InChI is InChI=1S/C16H17N3O/c1-11-4-2-6-13(10-11)18-16(20)19-9-8-12-5-3-7-14(17)15(12)19/h2-7,10H,8-9,17H2,1H3,(H,18,20). The second-order valence-electron chi connectivity index (χ2n) is 5.06. The van der Waals surface area contributed by atoms with Gasteiger partial charge in [-0.2, -0.15) is 0 Å². The van der Waals surface area contributed by atoms with Crippen LogP contribution in [0.5, 0.6) is 0 Å². The molecular weight excluding hydrogens is 250 g/mol. The van der Waals surface area contributed by atoms with Crippen molar-refractivity contribution in [1.29, 1.82) is 0 Å². The average Bonchev–Trinajstić information content (AvgIpc) is 2.84. The monoisotopic (exact) mass is 267 g/mol. The molecule has 1 aliphatic heterocycles. The van der Waals surface area contributed by atoms with Gasteiger partial charge in [0, 0.05) is 12.2 Å². The molecule has 0 fully saturated rings. The lowest BCUT2D eigenvalue weighted by Crippen LogP contribution is -2.33. The van der Waals surface area contributed by atoms with Gasteiger partial charge in [-0.3, -0.25) is 4.90 Å². The molecule has 4 heteroatoms. The van der Waals surface area contributed by atoms with Crippen LogP contribution in [0.15, 0.2) is 42.5 Å². The van der Waals surface area contributed by atoms with Crippen molar-refractivity contribution in [2.75, 3.05) is 22.5 Å². The summed E-state index contributed by atoms with van der Waals surface area (Å²) >= 11 is 0. The van der Waals surface area contributed by atoms with Gasteiger partial charge in [0.15, 0.2) is 0 Å². The summed E-state index contributed by atoms with van der Waals surface area (Å²) < 4.78 is 0. The number of nitrogens with one attached hydrogen (secondary N) is 1. The number of nitrogens with two attached hydrogens (primary N) is 1. The van der Waals surface area contributed by atoms with Crippen molar-refractivity contribution in [1.82, 2.24) is 0 Å². The van der Waals surface area contributed by atoms with Gasteiger partial charge in [-0.15, -0.1) is 0 Å². The number of fused-ring (bicyclic) bond motifs is 1. The second-order valence-corrected chi connectivity index (χ2v) is 5.06. The maximum atomic E-state index is 12.4. The Labute approximate surface area is 118 Å². The van der Waals surface area contributed by atoms with Crippen LogP contribution < -0.4 is 16.0 Å². The number of rotatable bonds is 1. The Balaban J connectivity index is 1.84. The molecule has 1 heterocycles. The van der Waals surface area contributed by atoms with Gasteiger partial charge in [0.2, 0.25) is 0 Å². The number of anilines is 3. The van der Waals surface area contributed by atoms with Crippen molar-refractivity contribution >= 4 is 23.1 Å². The predicted molar refractivity (Wildman–Crippen MR) is 82.1 cm³/mol. The Kier molecular flexibility index (Phi) is 3.06. The van der Waals surface area contributed by atoms with Crippen molar-refractivity contribution in [2.45, 2.75) is 13.3 Å². The molecule has 0 aromatic heterocycles. The van der Waals surface area contributed by atoms with Crippen molar-refractivity contribution < 1.29 is 4.79 Å². The molecule has 0 bridgehead atoms. The molecule has 2 amide bonds. The highest BCUT2D eigenvalue weighted by Gasteiger charge is 2.26. The molecule has 0 aliphatic carbocycles. The molecule has 20 heavy (non-hydrogen) atoms. The number of nitrogen functional groups attached to an aromatic ring is 1. The van der Waals surface area contributed by atoms with E-state index in [-0.39, 0.29) is 6.03 Å². The normalized spacial score (nSPS) is 13.2. The molecule has 2 aromatic rings. The van der Waals surface area contributed by atoms with Crippen LogP contribution in [0.4, 0.5) is 21.9 Å². The molecule has 0 unspecified atom stereocenters. The Morgan fingerprint density at radius 3 is 2.85 bits per heavy atom. The van der Waals surface area contributed by atoms with Crippen LogP contribution in [0.2, 0.25) is 0 Å². The molecule has 4 nitrogen and oxygen atoms in total. The Bertz CT molecular complexity index is 667. The van der Waals surface area contributed by atoms with Gasteiger partial charge >= 0.3 is 6.03 Å². The summed E-state index contributed by atoms with van der Waals surface area (Å²) in [5.41, 5.74) is 10.5. The van der Waals surface area contributed by atoms with Crippen molar-refractivity contribution in [3.05, 3.63) is 53.6 Å². The first-order valence-corrected chi connectivity index (χ1v) is 6.68. The van der Waals surface area contributed by atoms with E-state index in [9.17, 15) is 4.79 Å². The minimum absolute atomic E-state index is 0.132. The summed E-state index contributed by atoms with van der Waals surface area (Å²) in [5, 5.41) is 2.92. The highest BCUT2D eigenvalue weighted by Crippen LogP contribution is 2.33. The van der Waals surface area contributed by atoms with Gasteiger partial charge in [-0.05, 0) is 42.7 Å². The van der Waals surface area contributed by atoms with Crippen molar-refractivity contribution in [3.63, 3.8) is 0 Å². The third-order valence-corrected chi connectivity index (χ3v) is 3.54. The first kappa shape index (κ1) is 12.5. The molecule has 0 saturated carbocycles. The lowest BCUT2D eigenvalue weighted by atomic mass is 10.1. The summed E-state index contributed by atoms with van der Waals surface area (Å²) in [5.74, 6) is 0.